The molecule has 0 spiro atoms. The van der Waals surface area contributed by atoms with Crippen LogP contribution in [0.1, 0.15) is 0 Å². The van der Waals surface area contributed by atoms with E-state index in [1.807, 2.05) is 96.0 Å². The number of para-hydroxylation sites is 4. The van der Waals surface area contributed by atoms with Crippen molar-refractivity contribution >= 4 is 22.1 Å². The van der Waals surface area contributed by atoms with E-state index < -0.39 is 0 Å². The van der Waals surface area contributed by atoms with Crippen LogP contribution in [-0.2, 0) is 14.1 Å². The molecule has 0 amide bonds. The molecule has 0 saturated heterocycles. The molecule has 0 radical (unpaired) electrons. The molecule has 9 nitrogen and oxygen atoms in total. The molecule has 0 bridgehead atoms. The molecule has 3 heterocycles. The van der Waals surface area contributed by atoms with Crippen LogP contribution in [0.25, 0.3) is 89.9 Å². The monoisotopic (exact) mass is 677 g/mol. The van der Waals surface area contributed by atoms with Crippen molar-refractivity contribution in [2.45, 2.75) is 0 Å². The van der Waals surface area contributed by atoms with Gasteiger partial charge in [0.25, 0.3) is 0 Å². The molecular formula is C43H31N7O2. The van der Waals surface area contributed by atoms with Crippen LogP contribution in [0.4, 0.5) is 0 Å². The summed E-state index contributed by atoms with van der Waals surface area (Å²) in [5.41, 5.74) is 10.5. The quantitative estimate of drug-likeness (QED) is 0.180. The third kappa shape index (κ3) is 5.14. The lowest BCUT2D eigenvalue weighted by Gasteiger charge is -2.08. The summed E-state index contributed by atoms with van der Waals surface area (Å²) in [4.78, 5) is 24.1. The summed E-state index contributed by atoms with van der Waals surface area (Å²) in [6, 6.07) is 43.0. The van der Waals surface area contributed by atoms with Crippen LogP contribution in [-0.4, -0.2) is 44.3 Å². The van der Waals surface area contributed by atoms with Crippen molar-refractivity contribution in [1.82, 2.24) is 34.1 Å². The number of fused-ring (bicyclic) bond motifs is 2. The van der Waals surface area contributed by atoms with Gasteiger partial charge in [0, 0.05) is 36.3 Å². The van der Waals surface area contributed by atoms with Crippen LogP contribution in [0.2, 0.25) is 0 Å². The van der Waals surface area contributed by atoms with E-state index >= 15 is 0 Å². The number of aromatic nitrogens is 7. The van der Waals surface area contributed by atoms with Crippen LogP contribution < -0.4 is 0 Å². The van der Waals surface area contributed by atoms with Crippen molar-refractivity contribution in [1.29, 1.82) is 0 Å². The van der Waals surface area contributed by atoms with E-state index in [1.54, 1.807) is 30.6 Å². The fourth-order valence-corrected chi connectivity index (χ4v) is 6.93. The number of hydrogen-bond acceptors (Lipinski definition) is 7. The highest BCUT2D eigenvalue weighted by Crippen LogP contribution is 2.37. The Morgan fingerprint density at radius 2 is 0.827 bits per heavy atom. The van der Waals surface area contributed by atoms with Gasteiger partial charge in [-0.1, -0.05) is 84.9 Å². The molecule has 0 aliphatic rings. The Hall–Kier alpha value is -7.13. The summed E-state index contributed by atoms with van der Waals surface area (Å²) in [7, 11) is 3.92. The number of aromatic hydroxyl groups is 2. The molecule has 0 aliphatic carbocycles. The molecule has 0 atom stereocenters. The Kier molecular flexibility index (Phi) is 7.32. The largest absolute Gasteiger partial charge is 0.507 e. The first-order valence-corrected chi connectivity index (χ1v) is 16.8. The molecule has 0 aliphatic heterocycles. The number of imidazole rings is 2. The molecule has 9 heteroatoms. The van der Waals surface area contributed by atoms with E-state index in [-0.39, 0.29) is 11.5 Å². The van der Waals surface area contributed by atoms with Gasteiger partial charge in [0.2, 0.25) is 0 Å². The highest BCUT2D eigenvalue weighted by molar-refractivity contribution is 5.96. The number of nitrogens with zero attached hydrogens (tertiary/aromatic N) is 7. The van der Waals surface area contributed by atoms with Crippen LogP contribution in [0.5, 0.6) is 11.5 Å². The standard InChI is InChI=1S/C43H31N7O2/c1-49-34-19-9-17-30(38(34)46-42(49)32-15-3-5-21-36(32)51)26-11-7-13-28(23-26)40-44-25-45-41(48-40)29-14-8-12-27(24-29)31-18-10-20-35-39(31)47-43(50(35)2)33-16-4-6-22-37(33)52/h3-25,51-52H,1-2H3. The Balaban J connectivity index is 1.08. The van der Waals surface area contributed by atoms with Gasteiger partial charge in [0.15, 0.2) is 11.6 Å². The minimum absolute atomic E-state index is 0.188. The number of aryl methyl sites for hydroxylation is 2. The Morgan fingerprint density at radius 3 is 1.29 bits per heavy atom. The van der Waals surface area contributed by atoms with Crippen LogP contribution in [0.3, 0.4) is 0 Å². The average Bonchev–Trinajstić information content (AvgIpc) is 3.71. The van der Waals surface area contributed by atoms with Gasteiger partial charge in [-0.25, -0.2) is 24.9 Å². The second-order valence-electron chi connectivity index (χ2n) is 12.7. The Morgan fingerprint density at radius 1 is 0.423 bits per heavy atom. The molecule has 0 fully saturated rings. The van der Waals surface area contributed by atoms with Gasteiger partial charge >= 0.3 is 0 Å². The van der Waals surface area contributed by atoms with Crippen molar-refractivity contribution in [3.8, 4) is 79.3 Å². The molecule has 52 heavy (non-hydrogen) atoms. The number of hydrogen-bond donors (Lipinski definition) is 2. The van der Waals surface area contributed by atoms with Crippen LogP contribution in [0, 0.1) is 0 Å². The molecule has 9 aromatic rings. The van der Waals surface area contributed by atoms with Gasteiger partial charge in [-0.2, -0.15) is 0 Å². The zero-order valence-electron chi connectivity index (χ0n) is 28.3. The molecule has 250 valence electrons. The maximum atomic E-state index is 10.6. The first-order chi connectivity index (χ1) is 25.4. The smallest absolute Gasteiger partial charge is 0.163 e. The van der Waals surface area contributed by atoms with Gasteiger partial charge in [-0.05, 0) is 59.7 Å². The predicted molar refractivity (Wildman–Crippen MR) is 204 cm³/mol. The summed E-state index contributed by atoms with van der Waals surface area (Å²) >= 11 is 0. The molecule has 2 N–H and O–H groups in total. The lowest BCUT2D eigenvalue weighted by atomic mass is 10.0. The summed E-state index contributed by atoms with van der Waals surface area (Å²) < 4.78 is 4.01. The molecule has 0 saturated carbocycles. The number of phenolic OH excluding ortho intramolecular Hbond substituents is 2. The van der Waals surface area contributed by atoms with Crippen LogP contribution in [0.15, 0.2) is 140 Å². The molecule has 6 aromatic carbocycles. The fourth-order valence-electron chi connectivity index (χ4n) is 6.93. The maximum Gasteiger partial charge on any atom is 0.163 e. The van der Waals surface area contributed by atoms with E-state index in [9.17, 15) is 10.2 Å². The van der Waals surface area contributed by atoms with E-state index in [0.717, 1.165) is 55.4 Å². The van der Waals surface area contributed by atoms with Crippen molar-refractivity contribution in [2.24, 2.45) is 14.1 Å². The number of benzene rings is 6. The zero-order chi connectivity index (χ0) is 35.3. The van der Waals surface area contributed by atoms with Gasteiger partial charge in [-0.15, -0.1) is 0 Å². The summed E-state index contributed by atoms with van der Waals surface area (Å²) in [5, 5.41) is 21.1. The third-order valence-electron chi connectivity index (χ3n) is 9.55. The third-order valence-corrected chi connectivity index (χ3v) is 9.55. The molecule has 3 aromatic heterocycles. The maximum absolute atomic E-state index is 10.6. The average molecular weight is 678 g/mol. The molecule has 0 unspecified atom stereocenters. The van der Waals surface area contributed by atoms with E-state index in [4.69, 9.17) is 15.0 Å². The van der Waals surface area contributed by atoms with Gasteiger partial charge in [0.1, 0.15) is 29.5 Å². The fraction of sp³-hybridized carbons (Fsp3) is 0.0465. The van der Waals surface area contributed by atoms with E-state index in [1.165, 1.54) is 0 Å². The first-order valence-electron chi connectivity index (χ1n) is 16.8. The summed E-state index contributed by atoms with van der Waals surface area (Å²) in [5.74, 6) is 2.87. The van der Waals surface area contributed by atoms with Gasteiger partial charge < -0.3 is 19.3 Å². The normalized spacial score (nSPS) is 11.4. The van der Waals surface area contributed by atoms with E-state index in [0.29, 0.717) is 34.4 Å². The molecular weight excluding hydrogens is 647 g/mol. The zero-order valence-corrected chi connectivity index (χ0v) is 28.3. The second kappa shape index (κ2) is 12.3. The highest BCUT2D eigenvalue weighted by atomic mass is 16.3. The molecule has 9 rings (SSSR count). The van der Waals surface area contributed by atoms with E-state index in [2.05, 4.69) is 46.4 Å². The predicted octanol–water partition coefficient (Wildman–Crippen LogP) is 9.06. The minimum Gasteiger partial charge on any atom is -0.507 e. The second-order valence-corrected chi connectivity index (χ2v) is 12.7. The highest BCUT2D eigenvalue weighted by Gasteiger charge is 2.19. The summed E-state index contributed by atoms with van der Waals surface area (Å²) in [6.07, 6.45) is 1.55. The lowest BCUT2D eigenvalue weighted by Crippen LogP contribution is -1.96. The lowest BCUT2D eigenvalue weighted by molar-refractivity contribution is 0.476. The van der Waals surface area contributed by atoms with Crippen molar-refractivity contribution in [3.63, 3.8) is 0 Å². The summed E-state index contributed by atoms with van der Waals surface area (Å²) in [6.45, 7) is 0. The van der Waals surface area contributed by atoms with Crippen molar-refractivity contribution < 1.29 is 10.2 Å². The van der Waals surface area contributed by atoms with Crippen molar-refractivity contribution in [3.05, 3.63) is 140 Å². The van der Waals surface area contributed by atoms with Crippen LogP contribution >= 0.6 is 0 Å². The Bertz CT molecular complexity index is 2630. The van der Waals surface area contributed by atoms with Gasteiger partial charge in [-0.3, -0.25) is 0 Å². The van der Waals surface area contributed by atoms with Gasteiger partial charge in [0.05, 0.1) is 33.2 Å². The topological polar surface area (TPSA) is 115 Å². The number of rotatable bonds is 6. The number of phenols is 2. The minimum atomic E-state index is 0.188. The first kappa shape index (κ1) is 30.9. The Labute approximate surface area is 298 Å². The SMILES string of the molecule is Cn1c(-c2ccccc2O)nc2c(-c3cccc(-c4ncnc(-c5cccc(-c6cccc7c6nc(-c6ccccc6O)n7C)c5)n4)c3)cccc21. The van der Waals surface area contributed by atoms with Crippen molar-refractivity contribution in [2.75, 3.05) is 0 Å².